The van der Waals surface area contributed by atoms with E-state index >= 15 is 0 Å². The molecule has 3 nitrogen and oxygen atoms in total. The van der Waals surface area contributed by atoms with Gasteiger partial charge in [0.2, 0.25) is 0 Å². The van der Waals surface area contributed by atoms with Crippen LogP contribution in [0.5, 0.6) is 0 Å². The summed E-state index contributed by atoms with van der Waals surface area (Å²) in [6.07, 6.45) is 1.49. The topological polar surface area (TPSA) is 33.6 Å². The number of hydrogen-bond donors (Lipinski definition) is 1. The Morgan fingerprint density at radius 3 is 2.36 bits per heavy atom. The lowest BCUT2D eigenvalue weighted by molar-refractivity contribution is 0.136. The molecule has 0 aromatic carbocycles. The molecule has 1 N–H and O–H groups in total. The van der Waals surface area contributed by atoms with Gasteiger partial charge in [0.1, 0.15) is 5.84 Å². The number of nitrogens with zero attached hydrogens (tertiary/aromatic N) is 1. The third kappa shape index (κ3) is 3.78. The molecule has 0 aromatic heterocycles. The summed E-state index contributed by atoms with van der Waals surface area (Å²) in [6.45, 7) is 9.64. The van der Waals surface area contributed by atoms with Crippen molar-refractivity contribution in [1.29, 1.82) is 0 Å². The van der Waals surface area contributed by atoms with Crippen LogP contribution >= 0.6 is 0 Å². The van der Waals surface area contributed by atoms with E-state index in [1.807, 2.05) is 20.8 Å². The zero-order valence-corrected chi connectivity index (χ0v) is 7.64. The first-order valence-electron chi connectivity index (χ1n) is 3.50. The maximum absolute atomic E-state index is 4.75. The highest BCUT2D eigenvalue weighted by molar-refractivity contribution is 5.86. The van der Waals surface area contributed by atoms with Crippen molar-refractivity contribution in [2.75, 3.05) is 7.11 Å². The monoisotopic (exact) mass is 156 g/mol. The first-order valence-corrected chi connectivity index (χ1v) is 3.50. The van der Waals surface area contributed by atoms with Gasteiger partial charge in [0.05, 0.1) is 7.11 Å². The van der Waals surface area contributed by atoms with E-state index in [0.717, 1.165) is 5.84 Å². The Bertz CT molecular complexity index is 156. The van der Waals surface area contributed by atoms with E-state index < -0.39 is 0 Å². The molecule has 0 rings (SSSR count). The summed E-state index contributed by atoms with van der Waals surface area (Å²) in [5, 5.41) is 0. The largest absolute Gasteiger partial charge is 0.278 e. The van der Waals surface area contributed by atoms with Crippen molar-refractivity contribution in [2.24, 2.45) is 10.4 Å². The SMILES string of the molecule is C=CN=C(NOC)C(C)(C)C. The molecular formula is C8H16N2O. The summed E-state index contributed by atoms with van der Waals surface area (Å²) in [5.74, 6) is 0.773. The Morgan fingerprint density at radius 2 is 2.09 bits per heavy atom. The molecule has 0 heterocycles. The lowest BCUT2D eigenvalue weighted by atomic mass is 9.95. The highest BCUT2D eigenvalue weighted by Crippen LogP contribution is 2.14. The van der Waals surface area contributed by atoms with Crippen molar-refractivity contribution in [3.8, 4) is 0 Å². The molecule has 0 radical (unpaired) electrons. The van der Waals surface area contributed by atoms with Gasteiger partial charge in [0, 0.05) is 11.6 Å². The van der Waals surface area contributed by atoms with Crippen molar-refractivity contribution < 1.29 is 4.84 Å². The zero-order chi connectivity index (χ0) is 8.91. The third-order valence-corrected chi connectivity index (χ3v) is 1.13. The molecule has 0 spiro atoms. The Labute approximate surface area is 68.1 Å². The van der Waals surface area contributed by atoms with Crippen molar-refractivity contribution in [3.05, 3.63) is 12.8 Å². The van der Waals surface area contributed by atoms with Crippen LogP contribution in [-0.4, -0.2) is 12.9 Å². The number of rotatable bonds is 2. The smallest absolute Gasteiger partial charge is 0.131 e. The second-order valence-electron chi connectivity index (χ2n) is 3.22. The fourth-order valence-electron chi connectivity index (χ4n) is 0.561. The highest BCUT2D eigenvalue weighted by atomic mass is 16.6. The van der Waals surface area contributed by atoms with E-state index in [1.165, 1.54) is 6.20 Å². The van der Waals surface area contributed by atoms with Crippen LogP contribution in [0.25, 0.3) is 0 Å². The molecule has 64 valence electrons. The maximum atomic E-state index is 4.75. The average Bonchev–Trinajstić information content (AvgIpc) is 1.85. The quantitative estimate of drug-likeness (QED) is 0.375. The van der Waals surface area contributed by atoms with E-state index in [4.69, 9.17) is 4.84 Å². The number of aliphatic imine (C=N–C) groups is 1. The van der Waals surface area contributed by atoms with Gasteiger partial charge in [-0.25, -0.2) is 4.99 Å². The van der Waals surface area contributed by atoms with Crippen LogP contribution < -0.4 is 5.48 Å². The van der Waals surface area contributed by atoms with Crippen LogP contribution in [0.4, 0.5) is 0 Å². The number of hydrogen-bond acceptors (Lipinski definition) is 2. The molecule has 0 saturated carbocycles. The summed E-state index contributed by atoms with van der Waals surface area (Å²) >= 11 is 0. The van der Waals surface area contributed by atoms with Gasteiger partial charge in [-0.15, -0.1) is 0 Å². The fraction of sp³-hybridized carbons (Fsp3) is 0.625. The second kappa shape index (κ2) is 4.13. The Balaban J connectivity index is 4.34. The van der Waals surface area contributed by atoms with E-state index in [2.05, 4.69) is 17.1 Å². The number of amidine groups is 1. The Morgan fingerprint density at radius 1 is 1.55 bits per heavy atom. The first kappa shape index (κ1) is 10.2. The summed E-state index contributed by atoms with van der Waals surface area (Å²) in [4.78, 5) is 8.78. The third-order valence-electron chi connectivity index (χ3n) is 1.13. The van der Waals surface area contributed by atoms with Crippen molar-refractivity contribution in [2.45, 2.75) is 20.8 Å². The lowest BCUT2D eigenvalue weighted by Gasteiger charge is -2.20. The van der Waals surface area contributed by atoms with Gasteiger partial charge in [-0.05, 0) is 0 Å². The molecule has 0 atom stereocenters. The van der Waals surface area contributed by atoms with Gasteiger partial charge >= 0.3 is 0 Å². The minimum absolute atomic E-state index is 0.0375. The van der Waals surface area contributed by atoms with E-state index in [0.29, 0.717) is 0 Å². The predicted octanol–water partition coefficient (Wildman–Crippen LogP) is 1.73. The van der Waals surface area contributed by atoms with E-state index in [-0.39, 0.29) is 5.41 Å². The molecule has 3 heteroatoms. The van der Waals surface area contributed by atoms with E-state index in [9.17, 15) is 0 Å². The van der Waals surface area contributed by atoms with Crippen molar-refractivity contribution in [1.82, 2.24) is 5.48 Å². The van der Waals surface area contributed by atoms with Crippen LogP contribution in [0.3, 0.4) is 0 Å². The molecule has 0 aromatic rings. The summed E-state index contributed by atoms with van der Waals surface area (Å²) in [7, 11) is 1.56. The lowest BCUT2D eigenvalue weighted by Crippen LogP contribution is -2.34. The molecule has 11 heavy (non-hydrogen) atoms. The van der Waals surface area contributed by atoms with Crippen molar-refractivity contribution in [3.63, 3.8) is 0 Å². The second-order valence-corrected chi connectivity index (χ2v) is 3.22. The van der Waals surface area contributed by atoms with Crippen LogP contribution in [0, 0.1) is 5.41 Å². The van der Waals surface area contributed by atoms with Crippen LogP contribution in [0.15, 0.2) is 17.8 Å². The molecule has 0 fully saturated rings. The standard InChI is InChI=1S/C8H16N2O/c1-6-9-7(10-11-5)8(2,3)4/h6H,1H2,2-5H3,(H,9,10). The van der Waals surface area contributed by atoms with Gasteiger partial charge in [0.15, 0.2) is 0 Å². The summed E-state index contributed by atoms with van der Waals surface area (Å²) in [6, 6.07) is 0. The van der Waals surface area contributed by atoms with Crippen LogP contribution in [0.2, 0.25) is 0 Å². The Hall–Kier alpha value is -0.830. The number of hydroxylamine groups is 1. The summed E-state index contributed by atoms with van der Waals surface area (Å²) in [5.41, 5.74) is 2.66. The molecule has 0 bridgehead atoms. The fourth-order valence-corrected chi connectivity index (χ4v) is 0.561. The maximum Gasteiger partial charge on any atom is 0.131 e. The minimum atomic E-state index is -0.0375. The van der Waals surface area contributed by atoms with Crippen LogP contribution in [-0.2, 0) is 4.84 Å². The number of nitrogens with one attached hydrogen (secondary N) is 1. The van der Waals surface area contributed by atoms with Gasteiger partial charge < -0.3 is 0 Å². The van der Waals surface area contributed by atoms with Gasteiger partial charge in [-0.1, -0.05) is 27.4 Å². The molecule has 0 amide bonds. The summed E-state index contributed by atoms with van der Waals surface area (Å²) < 4.78 is 0. The van der Waals surface area contributed by atoms with Gasteiger partial charge in [-0.3, -0.25) is 10.3 Å². The molecule has 0 aliphatic rings. The highest BCUT2D eigenvalue weighted by Gasteiger charge is 2.17. The van der Waals surface area contributed by atoms with Crippen molar-refractivity contribution >= 4 is 5.84 Å². The first-order chi connectivity index (χ1) is 5.02. The molecule has 0 unspecified atom stereocenters. The minimum Gasteiger partial charge on any atom is -0.278 e. The normalized spacial score (nSPS) is 12.9. The van der Waals surface area contributed by atoms with Crippen LogP contribution in [0.1, 0.15) is 20.8 Å². The van der Waals surface area contributed by atoms with Gasteiger partial charge in [-0.2, -0.15) is 0 Å². The van der Waals surface area contributed by atoms with E-state index in [1.54, 1.807) is 7.11 Å². The average molecular weight is 156 g/mol. The molecule has 0 aliphatic heterocycles. The molecule has 0 saturated heterocycles. The Kier molecular flexibility index (Phi) is 3.82. The zero-order valence-electron chi connectivity index (χ0n) is 7.64. The van der Waals surface area contributed by atoms with Gasteiger partial charge in [0.25, 0.3) is 0 Å². The molecular weight excluding hydrogens is 140 g/mol. The molecule has 0 aliphatic carbocycles. The predicted molar refractivity (Wildman–Crippen MR) is 47.2 cm³/mol.